The van der Waals surface area contributed by atoms with Gasteiger partial charge in [0.15, 0.2) is 4.67 Å². The molecule has 1 aromatic carbocycles. The second-order valence-corrected chi connectivity index (χ2v) is 5.57. The Bertz CT molecular complexity index is 590. The Labute approximate surface area is 126 Å². The molecule has 0 bridgehead atoms. The van der Waals surface area contributed by atoms with Crippen LogP contribution in [0.5, 0.6) is 0 Å². The number of amides is 1. The van der Waals surface area contributed by atoms with E-state index in [2.05, 4.69) is 21.2 Å². The van der Waals surface area contributed by atoms with Gasteiger partial charge in [0.1, 0.15) is 5.76 Å². The van der Waals surface area contributed by atoms with E-state index in [1.807, 2.05) is 43.3 Å². The van der Waals surface area contributed by atoms with Crippen molar-refractivity contribution in [3.63, 3.8) is 0 Å². The SMILES string of the molecule is CC(Nc1ccc(C(=O)N(C)C)cc1)c1ccc(Br)o1. The zero-order chi connectivity index (χ0) is 14.7. The number of hydrogen-bond donors (Lipinski definition) is 1. The second-order valence-electron chi connectivity index (χ2n) is 4.78. The number of halogens is 1. The van der Waals surface area contributed by atoms with Gasteiger partial charge in [0.25, 0.3) is 5.91 Å². The van der Waals surface area contributed by atoms with Crippen LogP contribution in [0.3, 0.4) is 0 Å². The molecule has 20 heavy (non-hydrogen) atoms. The van der Waals surface area contributed by atoms with Crippen molar-refractivity contribution < 1.29 is 9.21 Å². The number of benzene rings is 1. The van der Waals surface area contributed by atoms with E-state index in [4.69, 9.17) is 4.42 Å². The molecule has 0 fully saturated rings. The van der Waals surface area contributed by atoms with Gasteiger partial charge < -0.3 is 14.6 Å². The van der Waals surface area contributed by atoms with E-state index < -0.39 is 0 Å². The summed E-state index contributed by atoms with van der Waals surface area (Å²) in [5, 5.41) is 3.33. The summed E-state index contributed by atoms with van der Waals surface area (Å²) in [4.78, 5) is 13.3. The van der Waals surface area contributed by atoms with Gasteiger partial charge in [-0.3, -0.25) is 4.79 Å². The maximum Gasteiger partial charge on any atom is 0.253 e. The molecule has 1 N–H and O–H groups in total. The third-order valence-corrected chi connectivity index (χ3v) is 3.37. The van der Waals surface area contributed by atoms with Crippen LogP contribution in [-0.4, -0.2) is 24.9 Å². The Balaban J connectivity index is 2.05. The van der Waals surface area contributed by atoms with Crippen LogP contribution in [0.1, 0.15) is 29.1 Å². The fourth-order valence-corrected chi connectivity index (χ4v) is 2.17. The Morgan fingerprint density at radius 1 is 1.20 bits per heavy atom. The van der Waals surface area contributed by atoms with Crippen LogP contribution < -0.4 is 5.32 Å². The topological polar surface area (TPSA) is 45.5 Å². The molecule has 4 nitrogen and oxygen atoms in total. The number of hydrogen-bond acceptors (Lipinski definition) is 3. The van der Waals surface area contributed by atoms with Crippen molar-refractivity contribution in [1.29, 1.82) is 0 Å². The zero-order valence-electron chi connectivity index (χ0n) is 11.7. The molecule has 0 saturated heterocycles. The Kier molecular flexibility index (Phi) is 4.49. The summed E-state index contributed by atoms with van der Waals surface area (Å²) in [7, 11) is 3.48. The van der Waals surface area contributed by atoms with Gasteiger partial charge in [-0.2, -0.15) is 0 Å². The molecular weight excluding hydrogens is 320 g/mol. The summed E-state index contributed by atoms with van der Waals surface area (Å²) in [5.41, 5.74) is 1.62. The third-order valence-electron chi connectivity index (χ3n) is 2.94. The number of furan rings is 1. The van der Waals surface area contributed by atoms with Crippen molar-refractivity contribution in [2.24, 2.45) is 0 Å². The van der Waals surface area contributed by atoms with Crippen molar-refractivity contribution in [3.05, 3.63) is 52.4 Å². The number of anilines is 1. The van der Waals surface area contributed by atoms with E-state index in [-0.39, 0.29) is 11.9 Å². The standard InChI is InChI=1S/C15H17BrN2O2/c1-10(13-8-9-14(16)20-13)17-12-6-4-11(5-7-12)15(19)18(2)3/h4-10,17H,1-3H3. The van der Waals surface area contributed by atoms with Gasteiger partial charge in [-0.1, -0.05) is 0 Å². The molecule has 2 aromatic rings. The lowest BCUT2D eigenvalue weighted by Gasteiger charge is -2.14. The van der Waals surface area contributed by atoms with Crippen molar-refractivity contribution in [2.45, 2.75) is 13.0 Å². The highest BCUT2D eigenvalue weighted by atomic mass is 79.9. The van der Waals surface area contributed by atoms with Crippen LogP contribution in [0.2, 0.25) is 0 Å². The normalized spacial score (nSPS) is 12.0. The molecule has 5 heteroatoms. The molecule has 1 atom stereocenters. The first kappa shape index (κ1) is 14.7. The average molecular weight is 337 g/mol. The van der Waals surface area contributed by atoms with Gasteiger partial charge in [0, 0.05) is 25.3 Å². The molecule has 106 valence electrons. The van der Waals surface area contributed by atoms with E-state index in [9.17, 15) is 4.79 Å². The molecule has 1 amide bonds. The molecule has 0 aliphatic heterocycles. The predicted molar refractivity (Wildman–Crippen MR) is 82.9 cm³/mol. The summed E-state index contributed by atoms with van der Waals surface area (Å²) in [5.74, 6) is 0.852. The highest BCUT2D eigenvalue weighted by molar-refractivity contribution is 9.10. The molecule has 0 saturated carbocycles. The average Bonchev–Trinajstić information content (AvgIpc) is 2.85. The second kappa shape index (κ2) is 6.13. The minimum absolute atomic E-state index is 0.000404. The van der Waals surface area contributed by atoms with Crippen molar-refractivity contribution in [1.82, 2.24) is 4.90 Å². The van der Waals surface area contributed by atoms with Crippen molar-refractivity contribution in [2.75, 3.05) is 19.4 Å². The lowest BCUT2D eigenvalue weighted by Crippen LogP contribution is -2.21. The number of carbonyl (C=O) groups excluding carboxylic acids is 1. The van der Waals surface area contributed by atoms with E-state index in [1.54, 1.807) is 19.0 Å². The largest absolute Gasteiger partial charge is 0.452 e. The summed E-state index contributed by atoms with van der Waals surface area (Å²) in [6.07, 6.45) is 0. The molecule has 1 heterocycles. The van der Waals surface area contributed by atoms with Crippen LogP contribution in [0.4, 0.5) is 5.69 Å². The summed E-state index contributed by atoms with van der Waals surface area (Å²) >= 11 is 3.29. The third kappa shape index (κ3) is 3.42. The van der Waals surface area contributed by atoms with Crippen molar-refractivity contribution >= 4 is 27.5 Å². The summed E-state index contributed by atoms with van der Waals surface area (Å²) < 4.78 is 6.22. The molecule has 2 rings (SSSR count). The first-order valence-corrected chi connectivity index (χ1v) is 7.10. The van der Waals surface area contributed by atoms with E-state index in [1.165, 1.54) is 0 Å². The Morgan fingerprint density at radius 3 is 2.35 bits per heavy atom. The molecule has 1 unspecified atom stereocenters. The fourth-order valence-electron chi connectivity index (χ4n) is 1.85. The zero-order valence-corrected chi connectivity index (χ0v) is 13.3. The molecule has 0 radical (unpaired) electrons. The lowest BCUT2D eigenvalue weighted by molar-refractivity contribution is 0.0827. The van der Waals surface area contributed by atoms with E-state index in [0.717, 1.165) is 11.4 Å². The van der Waals surface area contributed by atoms with Gasteiger partial charge >= 0.3 is 0 Å². The molecule has 1 aromatic heterocycles. The van der Waals surface area contributed by atoms with Gasteiger partial charge in [0.05, 0.1) is 6.04 Å². The predicted octanol–water partition coefficient (Wildman–Crippen LogP) is 3.92. The van der Waals surface area contributed by atoms with Crippen LogP contribution >= 0.6 is 15.9 Å². The van der Waals surface area contributed by atoms with Crippen LogP contribution in [0.25, 0.3) is 0 Å². The van der Waals surface area contributed by atoms with Gasteiger partial charge in [-0.15, -0.1) is 0 Å². The smallest absolute Gasteiger partial charge is 0.253 e. The van der Waals surface area contributed by atoms with Gasteiger partial charge in [-0.05, 0) is 59.3 Å². The molecular formula is C15H17BrN2O2. The fraction of sp³-hybridized carbons (Fsp3) is 0.267. The molecule has 0 aliphatic rings. The molecule has 0 aliphatic carbocycles. The van der Waals surface area contributed by atoms with Crippen LogP contribution in [0.15, 0.2) is 45.5 Å². The number of nitrogens with one attached hydrogen (secondary N) is 1. The lowest BCUT2D eigenvalue weighted by atomic mass is 10.1. The van der Waals surface area contributed by atoms with Crippen LogP contribution in [-0.2, 0) is 0 Å². The minimum Gasteiger partial charge on any atom is -0.452 e. The highest BCUT2D eigenvalue weighted by Gasteiger charge is 2.11. The van der Waals surface area contributed by atoms with Gasteiger partial charge in [0.2, 0.25) is 0 Å². The number of nitrogens with zero attached hydrogens (tertiary/aromatic N) is 1. The maximum absolute atomic E-state index is 11.8. The van der Waals surface area contributed by atoms with Crippen molar-refractivity contribution in [3.8, 4) is 0 Å². The number of carbonyl (C=O) groups is 1. The minimum atomic E-state index is -0.000404. The first-order valence-electron chi connectivity index (χ1n) is 6.31. The monoisotopic (exact) mass is 336 g/mol. The Hall–Kier alpha value is -1.75. The van der Waals surface area contributed by atoms with E-state index >= 15 is 0 Å². The summed E-state index contributed by atoms with van der Waals surface area (Å²) in [6, 6.07) is 11.3. The molecule has 0 spiro atoms. The van der Waals surface area contributed by atoms with E-state index in [0.29, 0.717) is 10.2 Å². The quantitative estimate of drug-likeness (QED) is 0.920. The first-order chi connectivity index (χ1) is 9.47. The highest BCUT2D eigenvalue weighted by Crippen LogP contribution is 2.23. The summed E-state index contributed by atoms with van der Waals surface area (Å²) in [6.45, 7) is 2.02. The maximum atomic E-state index is 11.8. The van der Waals surface area contributed by atoms with Gasteiger partial charge in [-0.25, -0.2) is 0 Å². The number of rotatable bonds is 4. The van der Waals surface area contributed by atoms with Crippen LogP contribution in [0, 0.1) is 0 Å². The Morgan fingerprint density at radius 2 is 1.85 bits per heavy atom.